The van der Waals surface area contributed by atoms with Crippen LogP contribution in [0, 0.1) is 6.26 Å². The highest BCUT2D eigenvalue weighted by Gasteiger charge is 1.79. The fourth-order valence-electron chi connectivity index (χ4n) is 0.341. The molecule has 0 aromatic heterocycles. The van der Waals surface area contributed by atoms with Crippen LogP contribution in [0.2, 0.25) is 0 Å². The average Bonchev–Trinajstić information content (AvgIpc) is 1.90. The quantitative estimate of drug-likeness (QED) is 0.471. The van der Waals surface area contributed by atoms with Gasteiger partial charge >= 0.3 is 0 Å². The minimum absolute atomic E-state index is 0.753. The van der Waals surface area contributed by atoms with E-state index < -0.39 is 0 Å². The van der Waals surface area contributed by atoms with Crippen LogP contribution in [0.15, 0.2) is 18.2 Å². The van der Waals surface area contributed by atoms with Gasteiger partial charge in [0.2, 0.25) is 0 Å². The van der Waals surface area contributed by atoms with E-state index in [1.54, 1.807) is 6.08 Å². The SMILES string of the molecule is [C]1=CC=CCNO1. The van der Waals surface area contributed by atoms with E-state index in [1.165, 1.54) is 0 Å². The lowest BCUT2D eigenvalue weighted by Gasteiger charge is -1.91. The summed E-state index contributed by atoms with van der Waals surface area (Å²) in [5, 5.41) is 0. The Morgan fingerprint density at radius 1 is 1.71 bits per heavy atom. The molecule has 7 heavy (non-hydrogen) atoms. The first kappa shape index (κ1) is 4.40. The fraction of sp³-hybridized carbons (Fsp3) is 0.200. The van der Waals surface area contributed by atoms with Crippen LogP contribution in [0.25, 0.3) is 0 Å². The first-order chi connectivity index (χ1) is 3.50. The summed E-state index contributed by atoms with van der Waals surface area (Å²) in [6.07, 6.45) is 8.05. The number of hydrogen-bond acceptors (Lipinski definition) is 2. The third-order valence-corrected chi connectivity index (χ3v) is 0.633. The van der Waals surface area contributed by atoms with Crippen LogP contribution in [-0.2, 0) is 4.84 Å². The van der Waals surface area contributed by atoms with Crippen molar-refractivity contribution in [1.29, 1.82) is 0 Å². The molecule has 0 spiro atoms. The number of rotatable bonds is 0. The standard InChI is InChI=1S/C5H6NO/c1-2-4-6-7-5-3-1/h1-3,6H,4H2. The lowest BCUT2D eigenvalue weighted by molar-refractivity contribution is 0.129. The third-order valence-electron chi connectivity index (χ3n) is 0.633. The van der Waals surface area contributed by atoms with Crippen molar-refractivity contribution >= 4 is 0 Å². The predicted octanol–water partition coefficient (Wildman–Crippen LogP) is 0.394. The number of allylic oxidation sites excluding steroid dienone is 2. The molecule has 1 rings (SSSR count). The van der Waals surface area contributed by atoms with Gasteiger partial charge in [0.1, 0.15) is 0 Å². The molecule has 0 aromatic rings. The van der Waals surface area contributed by atoms with E-state index in [9.17, 15) is 0 Å². The molecule has 0 saturated heterocycles. The number of nitrogens with one attached hydrogen (secondary N) is 1. The Bertz CT molecular complexity index is 84.3. The normalized spacial score (nSPS) is 18.3. The summed E-state index contributed by atoms with van der Waals surface area (Å²) in [6, 6.07) is 0. The second-order valence-corrected chi connectivity index (χ2v) is 1.16. The number of hydroxylamine groups is 1. The van der Waals surface area contributed by atoms with E-state index in [0.29, 0.717) is 0 Å². The van der Waals surface area contributed by atoms with E-state index in [4.69, 9.17) is 0 Å². The van der Waals surface area contributed by atoms with Crippen molar-refractivity contribution in [2.45, 2.75) is 0 Å². The summed E-state index contributed by atoms with van der Waals surface area (Å²) in [5.41, 5.74) is 2.62. The van der Waals surface area contributed by atoms with Crippen LogP contribution in [0.3, 0.4) is 0 Å². The number of hydrogen-bond donors (Lipinski definition) is 1. The molecule has 37 valence electrons. The van der Waals surface area contributed by atoms with Gasteiger partial charge in [-0.15, -0.1) is 0 Å². The van der Waals surface area contributed by atoms with Gasteiger partial charge in [-0.1, -0.05) is 12.2 Å². The molecule has 2 heteroatoms. The molecule has 2 nitrogen and oxygen atoms in total. The largest absolute Gasteiger partial charge is 0.404 e. The molecule has 1 N–H and O–H groups in total. The summed E-state index contributed by atoms with van der Waals surface area (Å²) >= 11 is 0. The maximum atomic E-state index is 4.58. The first-order valence-corrected chi connectivity index (χ1v) is 2.13. The topological polar surface area (TPSA) is 21.3 Å². The molecule has 0 aromatic carbocycles. The van der Waals surface area contributed by atoms with Crippen LogP contribution < -0.4 is 5.48 Å². The van der Waals surface area contributed by atoms with Crippen LogP contribution in [0.1, 0.15) is 0 Å². The fourth-order valence-corrected chi connectivity index (χ4v) is 0.341. The van der Waals surface area contributed by atoms with Crippen LogP contribution in [-0.4, -0.2) is 6.54 Å². The Morgan fingerprint density at radius 2 is 2.71 bits per heavy atom. The van der Waals surface area contributed by atoms with E-state index in [0.717, 1.165) is 6.54 Å². The second kappa shape index (κ2) is 2.42. The van der Waals surface area contributed by atoms with Gasteiger partial charge in [0.25, 0.3) is 0 Å². The molecule has 0 atom stereocenters. The van der Waals surface area contributed by atoms with Crippen molar-refractivity contribution in [2.75, 3.05) is 6.54 Å². The molecule has 1 heterocycles. The van der Waals surface area contributed by atoms with Gasteiger partial charge in [0.05, 0.1) is 6.54 Å². The zero-order valence-corrected chi connectivity index (χ0v) is 3.85. The van der Waals surface area contributed by atoms with Crippen molar-refractivity contribution in [3.63, 3.8) is 0 Å². The summed E-state index contributed by atoms with van der Waals surface area (Å²) in [7, 11) is 0. The highest BCUT2D eigenvalue weighted by atomic mass is 16.6. The highest BCUT2D eigenvalue weighted by Crippen LogP contribution is 1.80. The molecule has 1 aliphatic heterocycles. The molecule has 0 saturated carbocycles. The maximum absolute atomic E-state index is 4.58. The van der Waals surface area contributed by atoms with Gasteiger partial charge in [-0.25, -0.2) is 0 Å². The lowest BCUT2D eigenvalue weighted by atomic mass is 10.5. The summed E-state index contributed by atoms with van der Waals surface area (Å²) in [4.78, 5) is 4.58. The monoisotopic (exact) mass is 96.0 g/mol. The first-order valence-electron chi connectivity index (χ1n) is 2.13. The molecule has 1 radical (unpaired) electrons. The Balaban J connectivity index is 2.39. The van der Waals surface area contributed by atoms with Crippen LogP contribution in [0.4, 0.5) is 0 Å². The minimum Gasteiger partial charge on any atom is -0.404 e. The van der Waals surface area contributed by atoms with Gasteiger partial charge in [0, 0.05) is 0 Å². The van der Waals surface area contributed by atoms with Crippen LogP contribution >= 0.6 is 0 Å². The van der Waals surface area contributed by atoms with Crippen LogP contribution in [0.5, 0.6) is 0 Å². The van der Waals surface area contributed by atoms with E-state index in [-0.39, 0.29) is 0 Å². The molecule has 0 fully saturated rings. The third kappa shape index (κ3) is 1.41. The highest BCUT2D eigenvalue weighted by molar-refractivity contribution is 4.98. The Morgan fingerprint density at radius 3 is 3.71 bits per heavy atom. The van der Waals surface area contributed by atoms with Crippen molar-refractivity contribution in [3.8, 4) is 0 Å². The summed E-state index contributed by atoms with van der Waals surface area (Å²) in [5.74, 6) is 0. The van der Waals surface area contributed by atoms with Gasteiger partial charge in [-0.3, -0.25) is 0 Å². The Kier molecular flexibility index (Phi) is 1.52. The zero-order valence-electron chi connectivity index (χ0n) is 3.85. The molecule has 0 aliphatic carbocycles. The Hall–Kier alpha value is -0.760. The van der Waals surface area contributed by atoms with Crippen molar-refractivity contribution < 1.29 is 4.84 Å². The van der Waals surface area contributed by atoms with E-state index in [2.05, 4.69) is 16.6 Å². The molecule has 0 unspecified atom stereocenters. The maximum Gasteiger partial charge on any atom is 0.191 e. The van der Waals surface area contributed by atoms with Crippen molar-refractivity contribution in [2.24, 2.45) is 0 Å². The summed E-state index contributed by atoms with van der Waals surface area (Å²) in [6.45, 7) is 0.753. The average molecular weight is 96.1 g/mol. The molecule has 1 aliphatic rings. The second-order valence-electron chi connectivity index (χ2n) is 1.16. The zero-order chi connectivity index (χ0) is 4.95. The minimum atomic E-state index is 0.753. The van der Waals surface area contributed by atoms with Gasteiger partial charge < -0.3 is 4.84 Å². The molecule has 0 amide bonds. The van der Waals surface area contributed by atoms with Gasteiger partial charge in [-0.2, -0.15) is 5.48 Å². The van der Waals surface area contributed by atoms with Gasteiger partial charge in [-0.05, 0) is 6.08 Å². The predicted molar refractivity (Wildman–Crippen MR) is 26.0 cm³/mol. The van der Waals surface area contributed by atoms with Crippen molar-refractivity contribution in [3.05, 3.63) is 24.5 Å². The Labute approximate surface area is 42.4 Å². The summed E-state index contributed by atoms with van der Waals surface area (Å²) < 4.78 is 0. The lowest BCUT2D eigenvalue weighted by Crippen LogP contribution is -2.08. The van der Waals surface area contributed by atoms with E-state index >= 15 is 0 Å². The van der Waals surface area contributed by atoms with Crippen molar-refractivity contribution in [1.82, 2.24) is 5.48 Å². The smallest absolute Gasteiger partial charge is 0.191 e. The van der Waals surface area contributed by atoms with Gasteiger partial charge in [0.15, 0.2) is 6.26 Å². The molecule has 0 bridgehead atoms. The van der Waals surface area contributed by atoms with E-state index in [1.807, 2.05) is 12.2 Å². The molecular formula is C5H6NO. The molecular weight excluding hydrogens is 90.1 g/mol.